The molecule has 0 bridgehead atoms. The van der Waals surface area contributed by atoms with Gasteiger partial charge in [0.15, 0.2) is 0 Å². The molecule has 0 fully saturated rings. The number of hydrogen-bond acceptors (Lipinski definition) is 2. The van der Waals surface area contributed by atoms with E-state index >= 15 is 0 Å². The van der Waals surface area contributed by atoms with Crippen molar-refractivity contribution in [2.75, 3.05) is 13.7 Å². The maximum atomic E-state index is 5.79. The summed E-state index contributed by atoms with van der Waals surface area (Å²) in [7, 11) is 1.70. The van der Waals surface area contributed by atoms with Crippen molar-refractivity contribution in [3.05, 3.63) is 29.8 Å². The first kappa shape index (κ1) is 13.0. The largest absolute Gasteiger partial charge is 0.491 e. The lowest BCUT2D eigenvalue weighted by molar-refractivity contribution is 0.0709. The summed E-state index contributed by atoms with van der Waals surface area (Å²) in [5.41, 5.74) is 1.34. The summed E-state index contributed by atoms with van der Waals surface area (Å²) in [5.74, 6) is 0.957. The zero-order valence-corrected chi connectivity index (χ0v) is 10.9. The molecule has 0 amide bonds. The molecule has 0 spiro atoms. The van der Waals surface area contributed by atoms with Crippen LogP contribution in [0.3, 0.4) is 0 Å². The van der Waals surface area contributed by atoms with Crippen LogP contribution in [0, 0.1) is 0 Å². The van der Waals surface area contributed by atoms with E-state index in [0.29, 0.717) is 6.61 Å². The van der Waals surface area contributed by atoms with Crippen LogP contribution in [0.4, 0.5) is 0 Å². The molecule has 0 radical (unpaired) electrons. The van der Waals surface area contributed by atoms with Gasteiger partial charge in [0.1, 0.15) is 12.4 Å². The van der Waals surface area contributed by atoms with Crippen LogP contribution in [-0.2, 0) is 10.2 Å². The minimum Gasteiger partial charge on any atom is -0.491 e. The molecule has 2 heteroatoms. The highest BCUT2D eigenvalue weighted by molar-refractivity contribution is 5.38. The lowest BCUT2D eigenvalue weighted by atomic mass is 9.86. The molecule has 1 aromatic carbocycles. The average molecular weight is 222 g/mol. The number of rotatable bonds is 4. The zero-order valence-electron chi connectivity index (χ0n) is 10.9. The fourth-order valence-corrected chi connectivity index (χ4v) is 1.49. The number of methoxy groups -OCH3 is 1. The number of para-hydroxylation sites is 1. The second kappa shape index (κ2) is 5.35. The van der Waals surface area contributed by atoms with Crippen LogP contribution in [-0.4, -0.2) is 19.8 Å². The van der Waals surface area contributed by atoms with Crippen molar-refractivity contribution in [2.24, 2.45) is 0 Å². The Hall–Kier alpha value is -1.02. The third-order valence-corrected chi connectivity index (χ3v) is 2.57. The van der Waals surface area contributed by atoms with Crippen molar-refractivity contribution in [3.63, 3.8) is 0 Å². The zero-order chi connectivity index (χ0) is 12.2. The minimum absolute atomic E-state index is 0.104. The van der Waals surface area contributed by atoms with Gasteiger partial charge in [0.05, 0.1) is 6.10 Å². The Balaban J connectivity index is 2.80. The summed E-state index contributed by atoms with van der Waals surface area (Å²) in [6, 6.07) is 8.19. The predicted octanol–water partition coefficient (Wildman–Crippen LogP) is 3.40. The molecule has 0 heterocycles. The highest BCUT2D eigenvalue weighted by Gasteiger charge is 2.18. The van der Waals surface area contributed by atoms with Gasteiger partial charge < -0.3 is 9.47 Å². The van der Waals surface area contributed by atoms with Crippen molar-refractivity contribution in [2.45, 2.75) is 39.2 Å². The second-order valence-corrected chi connectivity index (χ2v) is 5.10. The molecule has 1 rings (SSSR count). The van der Waals surface area contributed by atoms with Gasteiger partial charge in [-0.05, 0) is 24.0 Å². The minimum atomic E-state index is 0.104. The summed E-state index contributed by atoms with van der Waals surface area (Å²) < 4.78 is 11.0. The Morgan fingerprint density at radius 3 is 2.38 bits per heavy atom. The molecule has 1 unspecified atom stereocenters. The highest BCUT2D eigenvalue weighted by Crippen LogP contribution is 2.30. The van der Waals surface area contributed by atoms with Crippen molar-refractivity contribution in [1.29, 1.82) is 0 Å². The molecule has 1 aromatic rings. The first-order valence-corrected chi connectivity index (χ1v) is 5.70. The molecule has 16 heavy (non-hydrogen) atoms. The van der Waals surface area contributed by atoms with Gasteiger partial charge in [-0.15, -0.1) is 0 Å². The third-order valence-electron chi connectivity index (χ3n) is 2.57. The molecule has 0 aromatic heterocycles. The molecule has 2 nitrogen and oxygen atoms in total. The van der Waals surface area contributed by atoms with E-state index in [-0.39, 0.29) is 11.5 Å². The summed E-state index contributed by atoms with van der Waals surface area (Å²) in [4.78, 5) is 0. The lowest BCUT2D eigenvalue weighted by Crippen LogP contribution is -2.19. The molecular formula is C14H22O2. The maximum Gasteiger partial charge on any atom is 0.123 e. The summed E-state index contributed by atoms with van der Waals surface area (Å²) in [6.45, 7) is 9.15. The standard InChI is InChI=1S/C14H22O2/c1-11(15-5)10-16-13-9-7-6-8-12(13)14(2,3)4/h6-9,11H,10H2,1-5H3. The van der Waals surface area contributed by atoms with E-state index in [2.05, 4.69) is 26.8 Å². The van der Waals surface area contributed by atoms with E-state index in [4.69, 9.17) is 9.47 Å². The van der Waals surface area contributed by atoms with Gasteiger partial charge in [-0.1, -0.05) is 39.0 Å². The quantitative estimate of drug-likeness (QED) is 0.777. The fraction of sp³-hybridized carbons (Fsp3) is 0.571. The SMILES string of the molecule is COC(C)COc1ccccc1C(C)(C)C. The average Bonchev–Trinajstić information content (AvgIpc) is 2.25. The van der Waals surface area contributed by atoms with Crippen molar-refractivity contribution >= 4 is 0 Å². The van der Waals surface area contributed by atoms with E-state index in [1.54, 1.807) is 7.11 Å². The lowest BCUT2D eigenvalue weighted by Gasteiger charge is -2.23. The van der Waals surface area contributed by atoms with Gasteiger partial charge in [-0.2, -0.15) is 0 Å². The molecule has 0 saturated carbocycles. The summed E-state index contributed by atoms with van der Waals surface area (Å²) >= 11 is 0. The molecule has 1 atom stereocenters. The maximum absolute atomic E-state index is 5.79. The van der Waals surface area contributed by atoms with Gasteiger partial charge in [-0.3, -0.25) is 0 Å². The topological polar surface area (TPSA) is 18.5 Å². The molecule has 0 aliphatic carbocycles. The molecule has 0 saturated heterocycles. The van der Waals surface area contributed by atoms with E-state index in [1.165, 1.54) is 5.56 Å². The highest BCUT2D eigenvalue weighted by atomic mass is 16.5. The summed E-state index contributed by atoms with van der Waals surface area (Å²) in [5, 5.41) is 0. The van der Waals surface area contributed by atoms with Crippen LogP contribution in [0.2, 0.25) is 0 Å². The van der Waals surface area contributed by atoms with Crippen molar-refractivity contribution < 1.29 is 9.47 Å². The second-order valence-electron chi connectivity index (χ2n) is 5.10. The Labute approximate surface area is 98.6 Å². The molecule has 0 aliphatic rings. The smallest absolute Gasteiger partial charge is 0.123 e. The van der Waals surface area contributed by atoms with Crippen LogP contribution in [0.25, 0.3) is 0 Å². The molecule has 90 valence electrons. The van der Waals surface area contributed by atoms with Crippen LogP contribution in [0.5, 0.6) is 5.75 Å². The van der Waals surface area contributed by atoms with Gasteiger partial charge in [0, 0.05) is 7.11 Å². The molecular weight excluding hydrogens is 200 g/mol. The Bertz CT molecular complexity index is 326. The first-order valence-electron chi connectivity index (χ1n) is 5.70. The van der Waals surface area contributed by atoms with Gasteiger partial charge in [0.25, 0.3) is 0 Å². The predicted molar refractivity (Wildman–Crippen MR) is 67.1 cm³/mol. The number of benzene rings is 1. The van der Waals surface area contributed by atoms with Crippen molar-refractivity contribution in [3.8, 4) is 5.75 Å². The van der Waals surface area contributed by atoms with E-state index in [0.717, 1.165) is 5.75 Å². The summed E-state index contributed by atoms with van der Waals surface area (Å²) in [6.07, 6.45) is 0.119. The fourth-order valence-electron chi connectivity index (χ4n) is 1.49. The van der Waals surface area contributed by atoms with Crippen LogP contribution < -0.4 is 4.74 Å². The molecule has 0 N–H and O–H groups in total. The monoisotopic (exact) mass is 222 g/mol. The van der Waals surface area contributed by atoms with Gasteiger partial charge in [-0.25, -0.2) is 0 Å². The number of hydrogen-bond donors (Lipinski definition) is 0. The van der Waals surface area contributed by atoms with E-state index in [1.807, 2.05) is 25.1 Å². The third kappa shape index (κ3) is 3.53. The Morgan fingerprint density at radius 1 is 1.19 bits per heavy atom. The normalized spacial score (nSPS) is 13.6. The van der Waals surface area contributed by atoms with Gasteiger partial charge in [0.2, 0.25) is 0 Å². The Kier molecular flexibility index (Phi) is 4.36. The number of ether oxygens (including phenoxy) is 2. The van der Waals surface area contributed by atoms with Crippen LogP contribution in [0.1, 0.15) is 33.3 Å². The van der Waals surface area contributed by atoms with Crippen LogP contribution >= 0.6 is 0 Å². The molecule has 0 aliphatic heterocycles. The van der Waals surface area contributed by atoms with E-state index in [9.17, 15) is 0 Å². The van der Waals surface area contributed by atoms with Crippen LogP contribution in [0.15, 0.2) is 24.3 Å². The Morgan fingerprint density at radius 2 is 1.81 bits per heavy atom. The van der Waals surface area contributed by atoms with E-state index < -0.39 is 0 Å². The van der Waals surface area contributed by atoms with Gasteiger partial charge >= 0.3 is 0 Å². The van der Waals surface area contributed by atoms with Crippen molar-refractivity contribution in [1.82, 2.24) is 0 Å². The first-order chi connectivity index (χ1) is 7.45.